The fraction of sp³-hybridized carbons (Fsp3) is 0.267. The Labute approximate surface area is 127 Å². The van der Waals surface area contributed by atoms with Gasteiger partial charge < -0.3 is 9.84 Å². The highest BCUT2D eigenvalue weighted by Gasteiger charge is 2.09. The van der Waals surface area contributed by atoms with E-state index in [-0.39, 0.29) is 5.56 Å². The quantitative estimate of drug-likeness (QED) is 0.481. The Balaban J connectivity index is 1.75. The van der Waals surface area contributed by atoms with Gasteiger partial charge in [-0.1, -0.05) is 23.9 Å². The fourth-order valence-corrected chi connectivity index (χ4v) is 2.33. The maximum absolute atomic E-state index is 11.0. The Hall–Kier alpha value is -2.08. The first kappa shape index (κ1) is 15.3. The van der Waals surface area contributed by atoms with Gasteiger partial charge in [0.15, 0.2) is 5.16 Å². The summed E-state index contributed by atoms with van der Waals surface area (Å²) in [7, 11) is 0. The molecule has 0 fully saturated rings. The molecule has 2 rings (SSSR count). The number of carboxylic acids is 1. The van der Waals surface area contributed by atoms with Crippen LogP contribution in [0.1, 0.15) is 22.3 Å². The summed E-state index contributed by atoms with van der Waals surface area (Å²) >= 11 is 1.56. The largest absolute Gasteiger partial charge is 0.493 e. The second-order valence-electron chi connectivity index (χ2n) is 4.39. The number of thioether (sulfide) groups is 1. The molecule has 0 spiro atoms. The molecule has 0 saturated carbocycles. The van der Waals surface area contributed by atoms with Crippen LogP contribution in [0, 0.1) is 6.92 Å². The molecular weight excluding hydrogens is 288 g/mol. The van der Waals surface area contributed by atoms with Gasteiger partial charge in [0.2, 0.25) is 0 Å². The standard InChI is InChI=1S/C15H16N2O3S/c1-11-9-16-15(17-10-11)21-8-4-7-20-13-6-3-2-5-12(13)14(18)19/h2-3,5-6,9-10H,4,7-8H2,1H3,(H,18,19). The predicted molar refractivity (Wildman–Crippen MR) is 81.0 cm³/mol. The van der Waals surface area contributed by atoms with Crippen LogP contribution in [0.15, 0.2) is 41.8 Å². The van der Waals surface area contributed by atoms with Crippen molar-refractivity contribution in [1.29, 1.82) is 0 Å². The number of para-hydroxylation sites is 1. The van der Waals surface area contributed by atoms with Gasteiger partial charge in [-0.25, -0.2) is 14.8 Å². The number of ether oxygens (including phenoxy) is 1. The minimum Gasteiger partial charge on any atom is -0.493 e. The molecule has 2 aromatic rings. The first-order valence-electron chi connectivity index (χ1n) is 6.53. The maximum atomic E-state index is 11.0. The molecule has 1 heterocycles. The molecule has 0 radical (unpaired) electrons. The number of nitrogens with zero attached hydrogens (tertiary/aromatic N) is 2. The van der Waals surface area contributed by atoms with Crippen LogP contribution in [0.4, 0.5) is 0 Å². The number of benzene rings is 1. The number of aryl methyl sites for hydroxylation is 1. The number of rotatable bonds is 7. The molecule has 0 amide bonds. The Kier molecular flexibility index (Phi) is 5.57. The summed E-state index contributed by atoms with van der Waals surface area (Å²) in [6.07, 6.45) is 4.36. The minimum atomic E-state index is -0.979. The van der Waals surface area contributed by atoms with Gasteiger partial charge in [0.05, 0.1) is 6.61 Å². The van der Waals surface area contributed by atoms with Crippen LogP contribution >= 0.6 is 11.8 Å². The highest BCUT2D eigenvalue weighted by Crippen LogP contribution is 2.19. The molecular formula is C15H16N2O3S. The highest BCUT2D eigenvalue weighted by molar-refractivity contribution is 7.99. The van der Waals surface area contributed by atoms with Crippen LogP contribution in [-0.4, -0.2) is 33.4 Å². The summed E-state index contributed by atoms with van der Waals surface area (Å²) in [6, 6.07) is 6.64. The van der Waals surface area contributed by atoms with Crippen molar-refractivity contribution in [3.8, 4) is 5.75 Å². The lowest BCUT2D eigenvalue weighted by atomic mass is 10.2. The number of carboxylic acid groups (broad SMARTS) is 1. The normalized spacial score (nSPS) is 10.3. The van der Waals surface area contributed by atoms with Crippen LogP contribution in [-0.2, 0) is 0 Å². The van der Waals surface area contributed by atoms with Gasteiger partial charge in [0.25, 0.3) is 0 Å². The summed E-state index contributed by atoms with van der Waals surface area (Å²) in [5, 5.41) is 9.78. The summed E-state index contributed by atoms with van der Waals surface area (Å²) in [4.78, 5) is 19.4. The molecule has 1 aromatic carbocycles. The van der Waals surface area contributed by atoms with Gasteiger partial charge in [-0.05, 0) is 31.0 Å². The average Bonchev–Trinajstić information content (AvgIpc) is 2.49. The van der Waals surface area contributed by atoms with E-state index in [0.717, 1.165) is 22.9 Å². The summed E-state index contributed by atoms with van der Waals surface area (Å²) in [6.45, 7) is 2.41. The van der Waals surface area contributed by atoms with Crippen molar-refractivity contribution >= 4 is 17.7 Å². The summed E-state index contributed by atoms with van der Waals surface area (Å²) in [5.74, 6) is 0.243. The molecule has 0 aliphatic carbocycles. The van der Waals surface area contributed by atoms with Gasteiger partial charge >= 0.3 is 5.97 Å². The molecule has 1 N–H and O–H groups in total. The second kappa shape index (κ2) is 7.64. The van der Waals surface area contributed by atoms with Crippen LogP contribution in [0.25, 0.3) is 0 Å². The third-order valence-electron chi connectivity index (χ3n) is 2.65. The van der Waals surface area contributed by atoms with Crippen molar-refractivity contribution in [2.45, 2.75) is 18.5 Å². The SMILES string of the molecule is Cc1cnc(SCCCOc2ccccc2C(=O)O)nc1. The van der Waals surface area contributed by atoms with Crippen molar-refractivity contribution in [1.82, 2.24) is 9.97 Å². The monoisotopic (exact) mass is 304 g/mol. The van der Waals surface area contributed by atoms with E-state index in [1.165, 1.54) is 6.07 Å². The van der Waals surface area contributed by atoms with Gasteiger partial charge in [-0.15, -0.1) is 0 Å². The molecule has 0 aliphatic rings. The molecule has 1 aromatic heterocycles. The van der Waals surface area contributed by atoms with Gasteiger partial charge in [0.1, 0.15) is 11.3 Å². The zero-order valence-corrected chi connectivity index (χ0v) is 12.5. The molecule has 0 unspecified atom stereocenters. The lowest BCUT2D eigenvalue weighted by molar-refractivity contribution is 0.0692. The predicted octanol–water partition coefficient (Wildman–Crippen LogP) is 3.04. The number of aromatic carboxylic acids is 1. The van der Waals surface area contributed by atoms with Gasteiger partial charge in [0, 0.05) is 18.1 Å². The van der Waals surface area contributed by atoms with Crippen molar-refractivity contribution in [3.63, 3.8) is 0 Å². The van der Waals surface area contributed by atoms with Crippen molar-refractivity contribution in [3.05, 3.63) is 47.8 Å². The van der Waals surface area contributed by atoms with E-state index < -0.39 is 5.97 Å². The fourth-order valence-electron chi connectivity index (χ4n) is 1.63. The molecule has 0 bridgehead atoms. The summed E-state index contributed by atoms with van der Waals surface area (Å²) < 4.78 is 5.52. The van der Waals surface area contributed by atoms with E-state index in [0.29, 0.717) is 12.4 Å². The van der Waals surface area contributed by atoms with Crippen LogP contribution in [0.3, 0.4) is 0 Å². The first-order valence-corrected chi connectivity index (χ1v) is 7.52. The van der Waals surface area contributed by atoms with Crippen molar-refractivity contribution < 1.29 is 14.6 Å². The van der Waals surface area contributed by atoms with E-state index in [1.807, 2.05) is 6.92 Å². The molecule has 0 saturated heterocycles. The third kappa shape index (κ3) is 4.75. The zero-order chi connectivity index (χ0) is 15.1. The van der Waals surface area contributed by atoms with Gasteiger partial charge in [-0.3, -0.25) is 0 Å². The molecule has 6 heteroatoms. The van der Waals surface area contributed by atoms with Crippen molar-refractivity contribution in [2.75, 3.05) is 12.4 Å². The lowest BCUT2D eigenvalue weighted by Crippen LogP contribution is -2.05. The zero-order valence-electron chi connectivity index (χ0n) is 11.7. The number of carbonyl (C=O) groups is 1. The topological polar surface area (TPSA) is 72.3 Å². The minimum absolute atomic E-state index is 0.187. The van der Waals surface area contributed by atoms with E-state index in [2.05, 4.69) is 9.97 Å². The summed E-state index contributed by atoms with van der Waals surface area (Å²) in [5.41, 5.74) is 1.22. The van der Waals surface area contributed by atoms with E-state index >= 15 is 0 Å². The molecule has 5 nitrogen and oxygen atoms in total. The Bertz CT molecular complexity index is 602. The van der Waals surface area contributed by atoms with Crippen LogP contribution in [0.5, 0.6) is 5.75 Å². The Morgan fingerprint density at radius 2 is 2.00 bits per heavy atom. The van der Waals surface area contributed by atoms with E-state index in [1.54, 1.807) is 42.4 Å². The van der Waals surface area contributed by atoms with Crippen LogP contribution in [0.2, 0.25) is 0 Å². The van der Waals surface area contributed by atoms with Crippen molar-refractivity contribution in [2.24, 2.45) is 0 Å². The average molecular weight is 304 g/mol. The van der Waals surface area contributed by atoms with E-state index in [4.69, 9.17) is 9.84 Å². The Morgan fingerprint density at radius 3 is 2.71 bits per heavy atom. The maximum Gasteiger partial charge on any atom is 0.339 e. The Morgan fingerprint density at radius 1 is 1.29 bits per heavy atom. The molecule has 110 valence electrons. The number of hydrogen-bond donors (Lipinski definition) is 1. The smallest absolute Gasteiger partial charge is 0.339 e. The third-order valence-corrected chi connectivity index (χ3v) is 3.61. The number of hydrogen-bond acceptors (Lipinski definition) is 5. The second-order valence-corrected chi connectivity index (χ2v) is 5.46. The lowest BCUT2D eigenvalue weighted by Gasteiger charge is -2.08. The number of aromatic nitrogens is 2. The van der Waals surface area contributed by atoms with E-state index in [9.17, 15) is 4.79 Å². The first-order chi connectivity index (χ1) is 10.2. The van der Waals surface area contributed by atoms with Gasteiger partial charge in [-0.2, -0.15) is 0 Å². The molecule has 0 atom stereocenters. The molecule has 0 aliphatic heterocycles. The molecule has 21 heavy (non-hydrogen) atoms. The highest BCUT2D eigenvalue weighted by atomic mass is 32.2. The van der Waals surface area contributed by atoms with Crippen LogP contribution < -0.4 is 4.74 Å².